The fraction of sp³-hybridized carbons (Fsp3) is 0.238. The Hall–Kier alpha value is -2.84. The fourth-order valence-electron chi connectivity index (χ4n) is 3.47. The molecule has 1 aliphatic rings. The highest BCUT2D eigenvalue weighted by Crippen LogP contribution is 2.24. The number of aromatic nitrogens is 2. The molecule has 3 aromatic rings. The number of rotatable bonds is 4. The van der Waals surface area contributed by atoms with Crippen molar-refractivity contribution in [2.24, 2.45) is 0 Å². The van der Waals surface area contributed by atoms with Crippen LogP contribution in [0, 0.1) is 12.7 Å². The zero-order valence-electron chi connectivity index (χ0n) is 16.0. The van der Waals surface area contributed by atoms with E-state index in [9.17, 15) is 12.8 Å². The van der Waals surface area contributed by atoms with Gasteiger partial charge in [-0.3, -0.25) is 0 Å². The molecule has 0 amide bonds. The average Bonchev–Trinajstić information content (AvgIpc) is 2.74. The van der Waals surface area contributed by atoms with Gasteiger partial charge in [-0.2, -0.15) is 4.31 Å². The van der Waals surface area contributed by atoms with Crippen molar-refractivity contribution in [3.8, 4) is 11.3 Å². The van der Waals surface area contributed by atoms with Crippen molar-refractivity contribution >= 4 is 15.8 Å². The summed E-state index contributed by atoms with van der Waals surface area (Å²) in [6.45, 7) is 3.58. The molecule has 2 aromatic carbocycles. The zero-order valence-corrected chi connectivity index (χ0v) is 16.8. The van der Waals surface area contributed by atoms with Crippen molar-refractivity contribution in [1.82, 2.24) is 14.3 Å². The van der Waals surface area contributed by atoms with Crippen LogP contribution in [0.3, 0.4) is 0 Å². The molecule has 8 heteroatoms. The predicted octanol–water partition coefficient (Wildman–Crippen LogP) is 3.10. The SMILES string of the molecule is Cc1ccccc1S(=O)(=O)N1CCN(c2cc(-c3cccc(F)c3)ncn2)CC1. The lowest BCUT2D eigenvalue weighted by atomic mass is 10.1. The molecule has 0 bridgehead atoms. The Morgan fingerprint density at radius 1 is 0.931 bits per heavy atom. The smallest absolute Gasteiger partial charge is 0.243 e. The average molecular weight is 412 g/mol. The maximum absolute atomic E-state index is 13.5. The maximum atomic E-state index is 13.5. The number of benzene rings is 2. The first-order valence-corrected chi connectivity index (χ1v) is 10.8. The second kappa shape index (κ2) is 7.88. The van der Waals surface area contributed by atoms with E-state index >= 15 is 0 Å². The summed E-state index contributed by atoms with van der Waals surface area (Å²) in [5.41, 5.74) is 2.05. The molecule has 0 N–H and O–H groups in total. The monoisotopic (exact) mass is 412 g/mol. The van der Waals surface area contributed by atoms with Crippen LogP contribution in [0.15, 0.2) is 65.8 Å². The van der Waals surface area contributed by atoms with Crippen molar-refractivity contribution < 1.29 is 12.8 Å². The Balaban J connectivity index is 1.50. The van der Waals surface area contributed by atoms with Gasteiger partial charge in [0.05, 0.1) is 10.6 Å². The van der Waals surface area contributed by atoms with Gasteiger partial charge in [0.25, 0.3) is 0 Å². The quantitative estimate of drug-likeness (QED) is 0.659. The Morgan fingerprint density at radius 3 is 2.41 bits per heavy atom. The molecule has 1 fully saturated rings. The number of aryl methyl sites for hydroxylation is 1. The third-order valence-corrected chi connectivity index (χ3v) is 7.11. The molecule has 0 aliphatic carbocycles. The van der Waals surface area contributed by atoms with Crippen LogP contribution in [0.4, 0.5) is 10.2 Å². The van der Waals surface area contributed by atoms with Crippen molar-refractivity contribution in [1.29, 1.82) is 0 Å². The second-order valence-electron chi connectivity index (χ2n) is 6.93. The number of nitrogens with zero attached hydrogens (tertiary/aromatic N) is 4. The molecule has 1 aromatic heterocycles. The summed E-state index contributed by atoms with van der Waals surface area (Å²) in [5, 5.41) is 0. The Bertz CT molecular complexity index is 1130. The maximum Gasteiger partial charge on any atom is 0.243 e. The second-order valence-corrected chi connectivity index (χ2v) is 8.83. The molecule has 150 valence electrons. The van der Waals surface area contributed by atoms with Gasteiger partial charge in [-0.05, 0) is 30.7 Å². The number of sulfonamides is 1. The molecule has 29 heavy (non-hydrogen) atoms. The topological polar surface area (TPSA) is 66.4 Å². The van der Waals surface area contributed by atoms with Gasteiger partial charge in [0.1, 0.15) is 18.0 Å². The molecular weight excluding hydrogens is 391 g/mol. The molecule has 0 radical (unpaired) electrons. The molecule has 2 heterocycles. The van der Waals surface area contributed by atoms with Crippen LogP contribution in [-0.4, -0.2) is 48.9 Å². The minimum absolute atomic E-state index is 0.322. The van der Waals surface area contributed by atoms with Crippen molar-refractivity contribution in [3.05, 3.63) is 72.3 Å². The summed E-state index contributed by atoms with van der Waals surface area (Å²) in [6, 6.07) is 15.1. The van der Waals surface area contributed by atoms with E-state index in [-0.39, 0.29) is 5.82 Å². The molecule has 1 saturated heterocycles. The number of halogens is 1. The third kappa shape index (κ3) is 3.99. The van der Waals surface area contributed by atoms with Crippen molar-refractivity contribution in [2.45, 2.75) is 11.8 Å². The predicted molar refractivity (Wildman–Crippen MR) is 110 cm³/mol. The van der Waals surface area contributed by atoms with Gasteiger partial charge in [0.2, 0.25) is 10.0 Å². The van der Waals surface area contributed by atoms with Gasteiger partial charge in [0.15, 0.2) is 0 Å². The van der Waals surface area contributed by atoms with Gasteiger partial charge in [-0.25, -0.2) is 22.8 Å². The molecule has 0 saturated carbocycles. The van der Waals surface area contributed by atoms with Gasteiger partial charge in [-0.1, -0.05) is 30.3 Å². The number of hydrogen-bond acceptors (Lipinski definition) is 5. The van der Waals surface area contributed by atoms with Crippen LogP contribution in [-0.2, 0) is 10.0 Å². The Morgan fingerprint density at radius 2 is 1.69 bits per heavy atom. The van der Waals surface area contributed by atoms with E-state index in [1.165, 1.54) is 22.8 Å². The summed E-state index contributed by atoms with van der Waals surface area (Å²) < 4.78 is 41.0. The van der Waals surface area contributed by atoms with Crippen molar-refractivity contribution in [2.75, 3.05) is 31.1 Å². The highest BCUT2D eigenvalue weighted by atomic mass is 32.2. The summed E-state index contributed by atoms with van der Waals surface area (Å²) >= 11 is 0. The number of hydrogen-bond donors (Lipinski definition) is 0. The largest absolute Gasteiger partial charge is 0.354 e. The molecule has 4 rings (SSSR count). The van der Waals surface area contributed by atoms with E-state index in [0.29, 0.717) is 48.1 Å². The normalized spacial score (nSPS) is 15.4. The summed E-state index contributed by atoms with van der Waals surface area (Å²) in [7, 11) is -3.52. The highest BCUT2D eigenvalue weighted by Gasteiger charge is 2.29. The Labute approximate surface area is 169 Å². The summed E-state index contributed by atoms with van der Waals surface area (Å²) in [6.07, 6.45) is 1.45. The van der Waals surface area contributed by atoms with Gasteiger partial charge in [0, 0.05) is 37.8 Å². The molecular formula is C21H21FN4O2S. The lowest BCUT2D eigenvalue weighted by molar-refractivity contribution is 0.383. The van der Waals surface area contributed by atoms with Crippen LogP contribution in [0.2, 0.25) is 0 Å². The lowest BCUT2D eigenvalue weighted by Gasteiger charge is -2.34. The van der Waals surface area contributed by atoms with Crippen LogP contribution in [0.5, 0.6) is 0 Å². The van der Waals surface area contributed by atoms with Gasteiger partial charge >= 0.3 is 0 Å². The summed E-state index contributed by atoms with van der Waals surface area (Å²) in [5.74, 6) is 0.380. The standard InChI is InChI=1S/C21H21FN4O2S/c1-16-5-2-3-8-20(16)29(27,28)26-11-9-25(10-12-26)21-14-19(23-15-24-21)17-6-4-7-18(22)13-17/h2-8,13-15H,9-12H2,1H3. The van der Waals surface area contributed by atoms with Gasteiger partial charge in [-0.15, -0.1) is 0 Å². The van der Waals surface area contributed by atoms with E-state index in [1.54, 1.807) is 43.3 Å². The highest BCUT2D eigenvalue weighted by molar-refractivity contribution is 7.89. The first-order valence-electron chi connectivity index (χ1n) is 9.34. The van der Waals surface area contributed by atoms with Crippen LogP contribution in [0.1, 0.15) is 5.56 Å². The summed E-state index contributed by atoms with van der Waals surface area (Å²) in [4.78, 5) is 10.9. The minimum atomic E-state index is -3.52. The van der Waals surface area contributed by atoms with E-state index in [1.807, 2.05) is 11.0 Å². The van der Waals surface area contributed by atoms with Crippen LogP contribution >= 0.6 is 0 Å². The first kappa shape index (κ1) is 19.5. The van der Waals surface area contributed by atoms with E-state index in [0.717, 1.165) is 5.56 Å². The van der Waals surface area contributed by atoms with E-state index in [4.69, 9.17) is 0 Å². The van der Waals surface area contributed by atoms with E-state index in [2.05, 4.69) is 9.97 Å². The molecule has 6 nitrogen and oxygen atoms in total. The molecule has 0 spiro atoms. The Kier molecular flexibility index (Phi) is 5.29. The molecule has 0 unspecified atom stereocenters. The number of piperazine rings is 1. The minimum Gasteiger partial charge on any atom is -0.354 e. The fourth-order valence-corrected chi connectivity index (χ4v) is 5.12. The molecule has 0 atom stereocenters. The molecule has 1 aliphatic heterocycles. The van der Waals surface area contributed by atoms with E-state index < -0.39 is 10.0 Å². The van der Waals surface area contributed by atoms with Crippen LogP contribution in [0.25, 0.3) is 11.3 Å². The van der Waals surface area contributed by atoms with Gasteiger partial charge < -0.3 is 4.90 Å². The first-order chi connectivity index (χ1) is 13.9. The van der Waals surface area contributed by atoms with Crippen molar-refractivity contribution in [3.63, 3.8) is 0 Å². The lowest BCUT2D eigenvalue weighted by Crippen LogP contribution is -2.49. The zero-order chi connectivity index (χ0) is 20.4. The third-order valence-electron chi connectivity index (χ3n) is 5.05. The number of anilines is 1. The van der Waals surface area contributed by atoms with Crippen LogP contribution < -0.4 is 4.90 Å².